The lowest BCUT2D eigenvalue weighted by Crippen LogP contribution is -2.62. The lowest BCUT2D eigenvalue weighted by molar-refractivity contribution is -0.124. The van der Waals surface area contributed by atoms with Gasteiger partial charge in [0.25, 0.3) is 5.91 Å². The summed E-state index contributed by atoms with van der Waals surface area (Å²) in [5.74, 6) is 0.249. The summed E-state index contributed by atoms with van der Waals surface area (Å²) in [7, 11) is 0. The SMILES string of the molecule is Cc1cc2c3c(c1)C1(NCCc4c1[nH]c1ccccc41)C(=O)N3C1(CCCCCC1)CC2(C)C. The lowest BCUT2D eigenvalue weighted by atomic mass is 9.66. The Morgan fingerprint density at radius 1 is 0.971 bits per heavy atom. The number of benzene rings is 2. The van der Waals surface area contributed by atoms with E-state index in [1.54, 1.807) is 0 Å². The second-order valence-corrected chi connectivity index (χ2v) is 12.0. The Hall–Kier alpha value is -2.59. The van der Waals surface area contributed by atoms with Crippen LogP contribution < -0.4 is 10.2 Å². The van der Waals surface area contributed by atoms with Gasteiger partial charge < -0.3 is 9.88 Å². The standard InChI is InChI=1S/C30H35N3O/c1-19-16-22-25-23(17-19)30(26-21(12-15-31-30)20-10-6-7-11-24(20)32-26)27(34)33(25)29(18-28(22,2)3)13-8-4-5-9-14-29/h6-7,10-11,16-17,31-32H,4-5,8-9,12-15,18H2,1-3H3. The summed E-state index contributed by atoms with van der Waals surface area (Å²) in [5, 5.41) is 5.07. The molecule has 2 N–H and O–H groups in total. The van der Waals surface area contributed by atoms with Crippen LogP contribution in [-0.4, -0.2) is 23.0 Å². The van der Waals surface area contributed by atoms with Crippen molar-refractivity contribution in [2.75, 3.05) is 11.4 Å². The van der Waals surface area contributed by atoms with Gasteiger partial charge in [0.2, 0.25) is 0 Å². The van der Waals surface area contributed by atoms with Gasteiger partial charge in [-0.15, -0.1) is 0 Å². The third-order valence-corrected chi connectivity index (χ3v) is 9.37. The summed E-state index contributed by atoms with van der Waals surface area (Å²) in [6.45, 7) is 7.82. The molecular weight excluding hydrogens is 418 g/mol. The van der Waals surface area contributed by atoms with Crippen LogP contribution >= 0.6 is 0 Å². The number of aromatic amines is 1. The number of anilines is 1. The van der Waals surface area contributed by atoms with E-state index in [0.717, 1.165) is 43.4 Å². The Morgan fingerprint density at radius 2 is 1.71 bits per heavy atom. The Bertz CT molecular complexity index is 1340. The zero-order chi connectivity index (χ0) is 23.3. The van der Waals surface area contributed by atoms with Gasteiger partial charge in [0.05, 0.1) is 11.4 Å². The average molecular weight is 454 g/mol. The number of rotatable bonds is 0. The minimum Gasteiger partial charge on any atom is -0.356 e. The number of aromatic nitrogens is 1. The monoisotopic (exact) mass is 453 g/mol. The molecule has 1 fully saturated rings. The molecular formula is C30H35N3O. The molecule has 1 unspecified atom stereocenters. The van der Waals surface area contributed by atoms with Crippen LogP contribution in [0.15, 0.2) is 36.4 Å². The highest BCUT2D eigenvalue weighted by Gasteiger charge is 2.63. The van der Waals surface area contributed by atoms with Gasteiger partial charge in [-0.3, -0.25) is 10.1 Å². The lowest BCUT2D eigenvalue weighted by Gasteiger charge is -2.52. The van der Waals surface area contributed by atoms with E-state index in [0.29, 0.717) is 0 Å². The van der Waals surface area contributed by atoms with Crippen molar-refractivity contribution in [3.05, 3.63) is 64.3 Å². The minimum atomic E-state index is -0.817. The van der Waals surface area contributed by atoms with Crippen LogP contribution in [0.5, 0.6) is 0 Å². The maximum atomic E-state index is 14.9. The molecule has 0 radical (unpaired) electrons. The molecule has 0 bridgehead atoms. The van der Waals surface area contributed by atoms with Crippen LogP contribution in [-0.2, 0) is 22.2 Å². The van der Waals surface area contributed by atoms with E-state index in [9.17, 15) is 4.79 Å². The summed E-state index contributed by atoms with van der Waals surface area (Å²) < 4.78 is 0. The highest BCUT2D eigenvalue weighted by atomic mass is 16.2. The zero-order valence-corrected chi connectivity index (χ0v) is 20.7. The number of fused-ring (bicyclic) bond motifs is 6. The Labute approximate surface area is 202 Å². The van der Waals surface area contributed by atoms with E-state index in [-0.39, 0.29) is 16.9 Å². The molecule has 1 aliphatic carbocycles. The van der Waals surface area contributed by atoms with Crippen LogP contribution in [0.3, 0.4) is 0 Å². The summed E-state index contributed by atoms with van der Waals surface area (Å²) in [5.41, 5.74) is 7.66. The highest BCUT2D eigenvalue weighted by Crippen LogP contribution is 2.60. The van der Waals surface area contributed by atoms with E-state index in [1.165, 1.54) is 59.0 Å². The molecule has 2 aromatic carbocycles. The Morgan fingerprint density at radius 3 is 2.50 bits per heavy atom. The van der Waals surface area contributed by atoms with Crippen molar-refractivity contribution < 1.29 is 4.79 Å². The number of nitrogens with zero attached hydrogens (tertiary/aromatic N) is 1. The molecule has 1 amide bonds. The molecule has 4 aliphatic rings. The molecule has 1 saturated carbocycles. The number of hydrogen-bond acceptors (Lipinski definition) is 2. The van der Waals surface area contributed by atoms with Crippen molar-refractivity contribution in [2.45, 2.75) is 88.6 Å². The van der Waals surface area contributed by atoms with Gasteiger partial charge in [-0.25, -0.2) is 0 Å². The number of carbonyl (C=O) groups is 1. The van der Waals surface area contributed by atoms with Crippen molar-refractivity contribution in [2.24, 2.45) is 0 Å². The van der Waals surface area contributed by atoms with E-state index in [2.05, 4.69) is 72.4 Å². The normalized spacial score (nSPS) is 26.7. The quantitative estimate of drug-likeness (QED) is 0.439. The largest absolute Gasteiger partial charge is 0.356 e. The number of aryl methyl sites for hydroxylation is 1. The van der Waals surface area contributed by atoms with Gasteiger partial charge in [0.1, 0.15) is 0 Å². The fourth-order valence-corrected chi connectivity index (χ4v) is 8.10. The number of nitrogens with one attached hydrogen (secondary N) is 2. The fraction of sp³-hybridized carbons (Fsp3) is 0.500. The van der Waals surface area contributed by atoms with E-state index >= 15 is 0 Å². The summed E-state index contributed by atoms with van der Waals surface area (Å²) in [4.78, 5) is 21.0. The molecule has 1 aromatic heterocycles. The van der Waals surface area contributed by atoms with Crippen LogP contribution in [0.25, 0.3) is 10.9 Å². The van der Waals surface area contributed by atoms with E-state index in [1.807, 2.05) is 0 Å². The molecule has 4 nitrogen and oxygen atoms in total. The molecule has 0 saturated heterocycles. The number of para-hydroxylation sites is 1. The number of hydrogen-bond donors (Lipinski definition) is 2. The Kier molecular flexibility index (Phi) is 4.12. The van der Waals surface area contributed by atoms with Crippen molar-refractivity contribution in [1.29, 1.82) is 0 Å². The van der Waals surface area contributed by atoms with E-state index in [4.69, 9.17) is 0 Å². The first kappa shape index (κ1) is 20.8. The molecule has 1 atom stereocenters. The second kappa shape index (κ2) is 6.75. The summed E-state index contributed by atoms with van der Waals surface area (Å²) in [6, 6.07) is 13.2. The first-order valence-electron chi connectivity index (χ1n) is 13.2. The molecule has 176 valence electrons. The zero-order valence-electron chi connectivity index (χ0n) is 20.7. The molecule has 4 heteroatoms. The highest BCUT2D eigenvalue weighted by molar-refractivity contribution is 6.13. The number of carbonyl (C=O) groups excluding carboxylic acids is 1. The molecule has 4 heterocycles. The average Bonchev–Trinajstić information content (AvgIpc) is 3.19. The van der Waals surface area contributed by atoms with Crippen molar-refractivity contribution >= 4 is 22.5 Å². The van der Waals surface area contributed by atoms with Crippen molar-refractivity contribution in [3.63, 3.8) is 0 Å². The van der Waals surface area contributed by atoms with Crippen LogP contribution in [0.4, 0.5) is 5.69 Å². The van der Waals surface area contributed by atoms with Crippen LogP contribution in [0, 0.1) is 6.92 Å². The van der Waals surface area contributed by atoms with Crippen LogP contribution in [0.2, 0.25) is 0 Å². The molecule has 2 spiro atoms. The maximum absolute atomic E-state index is 14.9. The van der Waals surface area contributed by atoms with Gasteiger partial charge in [-0.05, 0) is 55.2 Å². The third-order valence-electron chi connectivity index (χ3n) is 9.37. The molecule has 7 rings (SSSR count). The molecule has 3 aromatic rings. The fourth-order valence-electron chi connectivity index (χ4n) is 8.10. The number of H-pyrrole nitrogens is 1. The van der Waals surface area contributed by atoms with Crippen molar-refractivity contribution in [3.8, 4) is 0 Å². The summed E-state index contributed by atoms with van der Waals surface area (Å²) >= 11 is 0. The van der Waals surface area contributed by atoms with Gasteiger partial charge >= 0.3 is 0 Å². The summed E-state index contributed by atoms with van der Waals surface area (Å²) in [6.07, 6.45) is 9.23. The topological polar surface area (TPSA) is 48.1 Å². The predicted octanol–water partition coefficient (Wildman–Crippen LogP) is 5.99. The smallest absolute Gasteiger partial charge is 0.258 e. The maximum Gasteiger partial charge on any atom is 0.258 e. The minimum absolute atomic E-state index is 0.0424. The third kappa shape index (κ3) is 2.45. The molecule has 34 heavy (non-hydrogen) atoms. The number of amides is 1. The van der Waals surface area contributed by atoms with E-state index < -0.39 is 5.54 Å². The Balaban J connectivity index is 1.56. The van der Waals surface area contributed by atoms with Crippen LogP contribution in [0.1, 0.15) is 86.7 Å². The first-order valence-corrected chi connectivity index (χ1v) is 13.2. The molecule has 3 aliphatic heterocycles. The second-order valence-electron chi connectivity index (χ2n) is 12.0. The van der Waals surface area contributed by atoms with Crippen molar-refractivity contribution in [1.82, 2.24) is 10.3 Å². The van der Waals surface area contributed by atoms with Gasteiger partial charge in [-0.2, -0.15) is 0 Å². The van der Waals surface area contributed by atoms with Gasteiger partial charge in [0.15, 0.2) is 5.54 Å². The van der Waals surface area contributed by atoms with Gasteiger partial charge in [0, 0.05) is 28.6 Å². The van der Waals surface area contributed by atoms with Gasteiger partial charge in [-0.1, -0.05) is 75.4 Å². The first-order chi connectivity index (χ1) is 16.4. The predicted molar refractivity (Wildman–Crippen MR) is 138 cm³/mol.